The van der Waals surface area contributed by atoms with Crippen LogP contribution in [0, 0.1) is 0 Å². The third kappa shape index (κ3) is 3.80. The lowest BCUT2D eigenvalue weighted by Gasteiger charge is -2.42. The molecule has 0 unspecified atom stereocenters. The molecule has 0 aromatic heterocycles. The molecule has 0 bridgehead atoms. The Morgan fingerprint density at radius 1 is 1.29 bits per heavy atom. The summed E-state index contributed by atoms with van der Waals surface area (Å²) in [5.74, 6) is 1.54. The van der Waals surface area contributed by atoms with Crippen molar-refractivity contribution in [3.05, 3.63) is 51.5 Å². The van der Waals surface area contributed by atoms with Crippen molar-refractivity contribution in [3.63, 3.8) is 0 Å². The minimum Gasteiger partial charge on any atom is -0.455 e. The van der Waals surface area contributed by atoms with Gasteiger partial charge in [0.15, 0.2) is 5.75 Å². The molecule has 1 amide bonds. The number of ether oxygens (including phenoxy) is 2. The number of benzene rings is 2. The van der Waals surface area contributed by atoms with Gasteiger partial charge in [-0.1, -0.05) is 33.6 Å². The third-order valence-corrected chi connectivity index (χ3v) is 5.75. The van der Waals surface area contributed by atoms with Crippen LogP contribution in [0.25, 0.3) is 0 Å². The Morgan fingerprint density at radius 2 is 2.11 bits per heavy atom. The molecule has 0 spiro atoms. The number of alkyl carbamates (subject to hydrolysis) is 1. The van der Waals surface area contributed by atoms with Gasteiger partial charge in [0, 0.05) is 21.6 Å². The predicted octanol–water partition coefficient (Wildman–Crippen LogP) is 6.05. The highest BCUT2D eigenvalue weighted by molar-refractivity contribution is 9.10. The summed E-state index contributed by atoms with van der Waals surface area (Å²) in [6.45, 7) is 4.54. The molecule has 0 radical (unpaired) electrons. The van der Waals surface area contributed by atoms with E-state index in [1.165, 1.54) is 0 Å². The number of hydrogen-bond acceptors (Lipinski definition) is 4. The van der Waals surface area contributed by atoms with Crippen LogP contribution < -0.4 is 15.0 Å². The largest absolute Gasteiger partial charge is 0.455 e. The van der Waals surface area contributed by atoms with Crippen molar-refractivity contribution in [2.45, 2.75) is 44.9 Å². The molecule has 5 nitrogen and oxygen atoms in total. The molecule has 0 saturated carbocycles. The van der Waals surface area contributed by atoms with Crippen molar-refractivity contribution < 1.29 is 14.3 Å². The van der Waals surface area contributed by atoms with Crippen molar-refractivity contribution in [2.75, 3.05) is 11.4 Å². The van der Waals surface area contributed by atoms with E-state index in [0.717, 1.165) is 46.6 Å². The standard InChI is InChI=1S/C21H22BrClN2O3/c1-12(2)27-21(26)24-16-4-3-9-25-17-11-14(23)6-8-18(17)28-19-10-13(22)5-7-15(19)20(16)25/h5-8,10-12,16,20H,3-4,9H2,1-2H3,(H,24,26)/t16-,20+/m1/s1. The number of hydrogen-bond donors (Lipinski definition) is 1. The number of fused-ring (bicyclic) bond motifs is 5. The molecule has 2 aliphatic rings. The molecule has 148 valence electrons. The molecular formula is C21H22BrClN2O3. The average molecular weight is 466 g/mol. The Morgan fingerprint density at radius 3 is 2.89 bits per heavy atom. The number of amides is 1. The van der Waals surface area contributed by atoms with E-state index >= 15 is 0 Å². The number of rotatable bonds is 2. The summed E-state index contributed by atoms with van der Waals surface area (Å²) in [4.78, 5) is 14.6. The van der Waals surface area contributed by atoms with Crippen LogP contribution in [0.1, 0.15) is 38.3 Å². The van der Waals surface area contributed by atoms with E-state index in [2.05, 4.69) is 32.2 Å². The topological polar surface area (TPSA) is 50.8 Å². The summed E-state index contributed by atoms with van der Waals surface area (Å²) in [7, 11) is 0. The lowest BCUT2D eigenvalue weighted by Crippen LogP contribution is -2.50. The van der Waals surface area contributed by atoms with Crippen molar-refractivity contribution in [1.29, 1.82) is 0 Å². The minimum absolute atomic E-state index is 0.0729. The van der Waals surface area contributed by atoms with Crippen LogP contribution in [0.15, 0.2) is 40.9 Å². The van der Waals surface area contributed by atoms with Crippen LogP contribution in [-0.2, 0) is 4.74 Å². The van der Waals surface area contributed by atoms with Gasteiger partial charge in [-0.15, -0.1) is 0 Å². The maximum Gasteiger partial charge on any atom is 0.407 e. The van der Waals surface area contributed by atoms with Crippen LogP contribution in [0.3, 0.4) is 0 Å². The summed E-state index contributed by atoms with van der Waals surface area (Å²) in [6.07, 6.45) is 1.25. The molecule has 2 aromatic carbocycles. The second-order valence-electron chi connectivity index (χ2n) is 7.38. The van der Waals surface area contributed by atoms with Crippen molar-refractivity contribution in [3.8, 4) is 11.5 Å². The van der Waals surface area contributed by atoms with E-state index < -0.39 is 6.09 Å². The van der Waals surface area contributed by atoms with Crippen LogP contribution in [0.4, 0.5) is 10.5 Å². The minimum atomic E-state index is -0.392. The van der Waals surface area contributed by atoms with Gasteiger partial charge in [0.25, 0.3) is 0 Å². The van der Waals surface area contributed by atoms with Gasteiger partial charge in [-0.25, -0.2) is 4.79 Å². The van der Waals surface area contributed by atoms with Crippen LogP contribution in [-0.4, -0.2) is 24.8 Å². The predicted molar refractivity (Wildman–Crippen MR) is 114 cm³/mol. The number of carbonyl (C=O) groups is 1. The van der Waals surface area contributed by atoms with Crippen LogP contribution in [0.2, 0.25) is 5.02 Å². The van der Waals surface area contributed by atoms with Crippen LogP contribution in [0.5, 0.6) is 11.5 Å². The van der Waals surface area contributed by atoms with Crippen molar-refractivity contribution in [2.24, 2.45) is 0 Å². The third-order valence-electron chi connectivity index (χ3n) is 5.02. The maximum atomic E-state index is 12.3. The van der Waals surface area contributed by atoms with E-state index in [1.54, 1.807) is 0 Å². The van der Waals surface area contributed by atoms with E-state index in [1.807, 2.05) is 44.2 Å². The summed E-state index contributed by atoms with van der Waals surface area (Å²) < 4.78 is 12.5. The Balaban J connectivity index is 1.79. The Bertz CT molecular complexity index is 905. The van der Waals surface area contributed by atoms with Gasteiger partial charge >= 0.3 is 6.09 Å². The molecule has 28 heavy (non-hydrogen) atoms. The molecule has 2 aromatic rings. The molecule has 0 aliphatic carbocycles. The first kappa shape index (κ1) is 19.4. The molecule has 1 saturated heterocycles. The fourth-order valence-corrected chi connectivity index (χ4v) is 4.47. The number of nitrogens with one attached hydrogen (secondary N) is 1. The summed E-state index contributed by atoms with van der Waals surface area (Å²) in [6, 6.07) is 11.5. The molecule has 2 atom stereocenters. The highest BCUT2D eigenvalue weighted by Gasteiger charge is 2.39. The molecule has 1 N–H and O–H groups in total. The zero-order chi connectivity index (χ0) is 19.8. The summed E-state index contributed by atoms with van der Waals surface area (Å²) >= 11 is 9.83. The zero-order valence-corrected chi connectivity index (χ0v) is 18.1. The van der Waals surface area contributed by atoms with E-state index in [9.17, 15) is 4.79 Å². The number of piperidine rings is 1. The van der Waals surface area contributed by atoms with E-state index in [4.69, 9.17) is 21.1 Å². The number of nitrogens with zero attached hydrogens (tertiary/aromatic N) is 1. The fourth-order valence-electron chi connectivity index (χ4n) is 3.96. The zero-order valence-electron chi connectivity index (χ0n) is 15.7. The monoisotopic (exact) mass is 464 g/mol. The Kier molecular flexibility index (Phi) is 5.43. The van der Waals surface area contributed by atoms with Gasteiger partial charge < -0.3 is 19.7 Å². The average Bonchev–Trinajstić information content (AvgIpc) is 2.76. The highest BCUT2D eigenvalue weighted by atomic mass is 79.9. The number of halogens is 2. The second kappa shape index (κ2) is 7.84. The number of carbonyl (C=O) groups excluding carboxylic acids is 1. The Labute approximate surface area is 178 Å². The normalized spacial score (nSPS) is 20.4. The van der Waals surface area contributed by atoms with Gasteiger partial charge in [-0.3, -0.25) is 0 Å². The van der Waals surface area contributed by atoms with Crippen LogP contribution >= 0.6 is 27.5 Å². The first-order valence-electron chi connectivity index (χ1n) is 9.43. The highest BCUT2D eigenvalue weighted by Crippen LogP contribution is 2.48. The summed E-state index contributed by atoms with van der Waals surface area (Å²) in [5.41, 5.74) is 1.97. The van der Waals surface area contributed by atoms with E-state index in [0.29, 0.717) is 5.02 Å². The SMILES string of the molecule is CC(C)OC(=O)N[C@@H]1CCCN2c3cc(Cl)ccc3Oc3cc(Br)ccc3[C@@H]12. The molecular weight excluding hydrogens is 444 g/mol. The van der Waals surface area contributed by atoms with Gasteiger partial charge in [0.05, 0.1) is 23.9 Å². The Hall–Kier alpha value is -1.92. The number of anilines is 1. The molecule has 4 rings (SSSR count). The summed E-state index contributed by atoms with van der Waals surface area (Å²) in [5, 5.41) is 3.73. The maximum absolute atomic E-state index is 12.3. The smallest absolute Gasteiger partial charge is 0.407 e. The molecule has 2 aliphatic heterocycles. The quantitative estimate of drug-likeness (QED) is 0.586. The van der Waals surface area contributed by atoms with Gasteiger partial charge in [-0.2, -0.15) is 0 Å². The first-order chi connectivity index (χ1) is 13.4. The lowest BCUT2D eigenvalue weighted by atomic mass is 9.89. The molecule has 7 heteroatoms. The lowest BCUT2D eigenvalue weighted by molar-refractivity contribution is 0.109. The second-order valence-corrected chi connectivity index (χ2v) is 8.73. The first-order valence-corrected chi connectivity index (χ1v) is 10.6. The van der Waals surface area contributed by atoms with E-state index in [-0.39, 0.29) is 18.2 Å². The van der Waals surface area contributed by atoms with Gasteiger partial charge in [-0.05, 0) is 57.0 Å². The molecule has 2 heterocycles. The van der Waals surface area contributed by atoms with Crippen molar-refractivity contribution in [1.82, 2.24) is 5.32 Å². The molecule has 1 fully saturated rings. The van der Waals surface area contributed by atoms with Gasteiger partial charge in [0.2, 0.25) is 0 Å². The van der Waals surface area contributed by atoms with Crippen molar-refractivity contribution >= 4 is 39.3 Å². The fraction of sp³-hybridized carbons (Fsp3) is 0.381. The van der Waals surface area contributed by atoms with Gasteiger partial charge in [0.1, 0.15) is 5.75 Å².